The van der Waals surface area contributed by atoms with Gasteiger partial charge in [-0.3, -0.25) is 5.32 Å². The normalized spacial score (nSPS) is 10.9. The Hall–Kier alpha value is -4.47. The maximum absolute atomic E-state index is 14.6. The summed E-state index contributed by atoms with van der Waals surface area (Å²) in [6, 6.07) is 13.9. The number of anilines is 3. The smallest absolute Gasteiger partial charge is 0.324 e. The molecule has 4 N–H and O–H groups in total. The fraction of sp³-hybridized carbons (Fsp3) is 0.125. The van der Waals surface area contributed by atoms with Crippen LogP contribution in [0.1, 0.15) is 25.5 Å². The first-order valence-electron chi connectivity index (χ1n) is 10.4. The zero-order valence-corrected chi connectivity index (χ0v) is 18.4. The third-order valence-corrected chi connectivity index (χ3v) is 4.81. The van der Waals surface area contributed by atoms with Crippen molar-refractivity contribution in [1.29, 1.82) is 0 Å². The third-order valence-electron chi connectivity index (χ3n) is 4.81. The molecule has 2 aromatic heterocycles. The molecule has 10 heteroatoms. The highest BCUT2D eigenvalue weighted by molar-refractivity contribution is 5.99. The largest absolute Gasteiger partial charge is 0.457 e. The number of nitrogens with zero attached hydrogens (tertiary/aromatic N) is 3. The molecule has 0 spiro atoms. The molecule has 2 heterocycles. The zero-order valence-electron chi connectivity index (χ0n) is 18.4. The Balaban J connectivity index is 1.50. The Morgan fingerprint density at radius 2 is 1.74 bits per heavy atom. The van der Waals surface area contributed by atoms with Crippen LogP contribution in [0.4, 0.5) is 30.9 Å². The Kier molecular flexibility index (Phi) is 6.39. The molecule has 0 unspecified atom stereocenters. The maximum atomic E-state index is 14.6. The van der Waals surface area contributed by atoms with Gasteiger partial charge in [0.2, 0.25) is 0 Å². The number of benzene rings is 2. The van der Waals surface area contributed by atoms with Crippen molar-refractivity contribution in [3.8, 4) is 17.2 Å². The van der Waals surface area contributed by atoms with Crippen LogP contribution in [-0.2, 0) is 0 Å². The van der Waals surface area contributed by atoms with Crippen molar-refractivity contribution in [3.63, 3.8) is 0 Å². The highest BCUT2D eigenvalue weighted by atomic mass is 19.1. The molecule has 0 atom stereocenters. The van der Waals surface area contributed by atoms with Crippen LogP contribution in [-0.4, -0.2) is 20.8 Å². The number of rotatable bonds is 6. The topological polar surface area (TPSA) is 107 Å². The molecule has 0 aliphatic heterocycles. The molecule has 0 radical (unpaired) electrons. The monoisotopic (exact) mass is 464 g/mol. The second-order valence-electron chi connectivity index (χ2n) is 7.74. The number of nitrogens with one attached hydrogen (secondary N) is 2. The lowest BCUT2D eigenvalue weighted by Gasteiger charge is -2.12. The number of carbonyl (C=O) groups is 1. The Morgan fingerprint density at radius 3 is 2.41 bits per heavy atom. The first-order valence-corrected chi connectivity index (χ1v) is 10.4. The number of amides is 2. The number of hydrogen-bond donors (Lipinski definition) is 3. The van der Waals surface area contributed by atoms with E-state index in [4.69, 9.17) is 10.5 Å². The van der Waals surface area contributed by atoms with E-state index >= 15 is 0 Å². The number of aromatic nitrogens is 3. The van der Waals surface area contributed by atoms with E-state index in [0.29, 0.717) is 17.3 Å². The molecule has 4 aromatic rings. The highest BCUT2D eigenvalue weighted by Gasteiger charge is 2.16. The van der Waals surface area contributed by atoms with Gasteiger partial charge >= 0.3 is 6.03 Å². The summed E-state index contributed by atoms with van der Waals surface area (Å²) in [5, 5.41) is 9.64. The Morgan fingerprint density at radius 1 is 1.00 bits per heavy atom. The highest BCUT2D eigenvalue weighted by Crippen LogP contribution is 2.27. The SMILES string of the molecule is CC(C)c1cc(NC(=O)Nc2ccc(Oc3ccnc(N)c3)cc2F)n(-c2ccc(F)cc2)n1. The molecule has 34 heavy (non-hydrogen) atoms. The van der Waals surface area contributed by atoms with Crippen molar-refractivity contribution in [2.75, 3.05) is 16.4 Å². The van der Waals surface area contributed by atoms with Gasteiger partial charge in [-0.2, -0.15) is 5.10 Å². The molecule has 0 saturated carbocycles. The van der Waals surface area contributed by atoms with Gasteiger partial charge in [0, 0.05) is 24.4 Å². The Bertz CT molecular complexity index is 1320. The first kappa shape index (κ1) is 22.7. The molecular formula is C24H22F2N6O2. The van der Waals surface area contributed by atoms with Gasteiger partial charge in [0.15, 0.2) is 0 Å². The number of urea groups is 1. The van der Waals surface area contributed by atoms with Crippen molar-refractivity contribution in [2.24, 2.45) is 0 Å². The summed E-state index contributed by atoms with van der Waals surface area (Å²) < 4.78 is 35.0. The number of nitrogens with two attached hydrogens (primary N) is 1. The van der Waals surface area contributed by atoms with Gasteiger partial charge in [-0.25, -0.2) is 23.2 Å². The lowest BCUT2D eigenvalue weighted by molar-refractivity contribution is 0.262. The molecule has 0 aliphatic carbocycles. The summed E-state index contributed by atoms with van der Waals surface area (Å²) in [5.74, 6) is 0.264. The zero-order chi connectivity index (χ0) is 24.2. The number of ether oxygens (including phenoxy) is 1. The average Bonchev–Trinajstić information content (AvgIpc) is 3.20. The Labute approximate surface area is 194 Å². The van der Waals surface area contributed by atoms with Crippen LogP contribution in [0.5, 0.6) is 11.5 Å². The van der Waals surface area contributed by atoms with Crippen molar-refractivity contribution in [2.45, 2.75) is 19.8 Å². The molecule has 0 aliphatic rings. The van der Waals surface area contributed by atoms with Crippen LogP contribution in [0, 0.1) is 11.6 Å². The minimum Gasteiger partial charge on any atom is -0.457 e. The lowest BCUT2D eigenvalue weighted by Crippen LogP contribution is -2.22. The van der Waals surface area contributed by atoms with Gasteiger partial charge < -0.3 is 15.8 Å². The molecule has 8 nitrogen and oxygen atoms in total. The van der Waals surface area contributed by atoms with Crippen molar-refractivity contribution >= 4 is 23.4 Å². The van der Waals surface area contributed by atoms with Crippen LogP contribution >= 0.6 is 0 Å². The van der Waals surface area contributed by atoms with Gasteiger partial charge in [-0.15, -0.1) is 0 Å². The van der Waals surface area contributed by atoms with Gasteiger partial charge in [0.25, 0.3) is 0 Å². The summed E-state index contributed by atoms with van der Waals surface area (Å²) in [5.41, 5.74) is 6.86. The van der Waals surface area contributed by atoms with Gasteiger partial charge in [0.05, 0.1) is 17.1 Å². The molecular weight excluding hydrogens is 442 g/mol. The van der Waals surface area contributed by atoms with Crippen LogP contribution < -0.4 is 21.1 Å². The average molecular weight is 464 g/mol. The molecule has 0 bridgehead atoms. The summed E-state index contributed by atoms with van der Waals surface area (Å²) in [4.78, 5) is 16.5. The molecule has 0 fully saturated rings. The van der Waals surface area contributed by atoms with Crippen LogP contribution in [0.25, 0.3) is 5.69 Å². The van der Waals surface area contributed by atoms with Crippen LogP contribution in [0.2, 0.25) is 0 Å². The lowest BCUT2D eigenvalue weighted by atomic mass is 10.1. The predicted octanol–water partition coefficient (Wildman–Crippen LogP) is 5.69. The van der Waals surface area contributed by atoms with Crippen LogP contribution in [0.3, 0.4) is 0 Å². The van der Waals surface area contributed by atoms with E-state index in [0.717, 1.165) is 11.8 Å². The van der Waals surface area contributed by atoms with E-state index in [9.17, 15) is 13.6 Å². The maximum Gasteiger partial charge on any atom is 0.324 e. The van der Waals surface area contributed by atoms with Crippen molar-refractivity contribution < 1.29 is 18.3 Å². The first-order chi connectivity index (χ1) is 16.3. The summed E-state index contributed by atoms with van der Waals surface area (Å²) >= 11 is 0. The van der Waals surface area contributed by atoms with E-state index in [1.165, 1.54) is 41.2 Å². The summed E-state index contributed by atoms with van der Waals surface area (Å²) in [6.07, 6.45) is 1.47. The number of nitrogen functional groups attached to an aromatic ring is 1. The van der Waals surface area contributed by atoms with Gasteiger partial charge in [-0.1, -0.05) is 13.8 Å². The van der Waals surface area contributed by atoms with Gasteiger partial charge in [0.1, 0.15) is 34.8 Å². The summed E-state index contributed by atoms with van der Waals surface area (Å²) in [7, 11) is 0. The third kappa shape index (κ3) is 5.29. The second-order valence-corrected chi connectivity index (χ2v) is 7.74. The fourth-order valence-corrected chi connectivity index (χ4v) is 3.11. The van der Waals surface area contributed by atoms with E-state index < -0.39 is 11.8 Å². The number of pyridine rings is 1. The number of halogens is 2. The van der Waals surface area contributed by atoms with Crippen molar-refractivity contribution in [3.05, 3.63) is 84.2 Å². The second kappa shape index (κ2) is 9.57. The quantitative estimate of drug-likeness (QED) is 0.340. The van der Waals surface area contributed by atoms with Crippen molar-refractivity contribution in [1.82, 2.24) is 14.8 Å². The summed E-state index contributed by atoms with van der Waals surface area (Å²) in [6.45, 7) is 3.92. The predicted molar refractivity (Wildman–Crippen MR) is 125 cm³/mol. The minimum absolute atomic E-state index is 0.0453. The molecule has 174 valence electrons. The standard InChI is InChI=1S/C24H22F2N6O2/c1-14(2)21-13-23(32(31-21)16-5-3-15(25)4-6-16)30-24(33)29-20-8-7-17(11-19(20)26)34-18-9-10-28-22(27)12-18/h3-14H,1-2H3,(H2,27,28)(H2,29,30,33). The number of hydrogen-bond acceptors (Lipinski definition) is 5. The van der Waals surface area contributed by atoms with E-state index in [-0.39, 0.29) is 29.0 Å². The number of carbonyl (C=O) groups excluding carboxylic acids is 1. The van der Waals surface area contributed by atoms with E-state index in [2.05, 4.69) is 20.7 Å². The minimum atomic E-state index is -0.690. The van der Waals surface area contributed by atoms with Gasteiger partial charge in [-0.05, 0) is 48.4 Å². The molecule has 4 rings (SSSR count). The van der Waals surface area contributed by atoms with E-state index in [1.807, 2.05) is 13.8 Å². The fourth-order valence-electron chi connectivity index (χ4n) is 3.11. The molecule has 2 aromatic carbocycles. The van der Waals surface area contributed by atoms with E-state index in [1.54, 1.807) is 24.3 Å². The molecule has 2 amide bonds. The van der Waals surface area contributed by atoms with Crippen LogP contribution in [0.15, 0.2) is 66.9 Å². The molecule has 0 saturated heterocycles.